The number of carbonyl (C=O) groups is 2. The topological polar surface area (TPSA) is 87.5 Å². The third-order valence-corrected chi connectivity index (χ3v) is 3.83. The second-order valence-electron chi connectivity index (χ2n) is 6.18. The first-order valence-electron chi connectivity index (χ1n) is 7.54. The third-order valence-electron chi connectivity index (χ3n) is 3.83. The van der Waals surface area contributed by atoms with Gasteiger partial charge in [0.05, 0.1) is 12.1 Å². The van der Waals surface area contributed by atoms with Gasteiger partial charge in [0.1, 0.15) is 0 Å². The van der Waals surface area contributed by atoms with E-state index >= 15 is 0 Å². The number of likely N-dealkylation sites (N-methyl/N-ethyl adjacent to an activating group) is 1. The molecule has 1 saturated carbocycles. The van der Waals surface area contributed by atoms with Gasteiger partial charge in [0, 0.05) is 11.4 Å². The Morgan fingerprint density at radius 1 is 1.04 bits per heavy atom. The molecule has 0 aromatic heterocycles. The molecule has 1 aromatic carbocycles. The molecule has 1 aromatic rings. The number of rotatable bonds is 5. The van der Waals surface area contributed by atoms with E-state index < -0.39 is 5.54 Å². The van der Waals surface area contributed by atoms with Gasteiger partial charge in [0.25, 0.3) is 0 Å². The molecule has 0 heterocycles. The molecular weight excluding hydrogens is 351 g/mol. The number of hydrogen-bond donors (Lipinski definition) is 3. The van der Waals surface area contributed by atoms with Crippen LogP contribution < -0.4 is 16.4 Å². The average molecular weight is 377 g/mol. The molecule has 0 spiro atoms. The Labute approximate surface area is 155 Å². The van der Waals surface area contributed by atoms with Crippen molar-refractivity contribution in [1.29, 1.82) is 0 Å². The fourth-order valence-corrected chi connectivity index (χ4v) is 2.61. The number of nitrogens with zero attached hydrogens (tertiary/aromatic N) is 1. The smallest absolute Gasteiger partial charge is 0.244 e. The fraction of sp³-hybridized carbons (Fsp3) is 0.500. The number of nitrogens with two attached hydrogens (primary N) is 1. The summed E-state index contributed by atoms with van der Waals surface area (Å²) in [5, 5.41) is 5.65. The SMILES string of the molecule is CN(C)CC(=O)Nc1ccc(NC(=O)C2(N)CCCC2)cc1.Cl.Cl. The largest absolute Gasteiger partial charge is 0.325 e. The summed E-state index contributed by atoms with van der Waals surface area (Å²) in [7, 11) is 3.67. The van der Waals surface area contributed by atoms with Gasteiger partial charge in [-0.25, -0.2) is 0 Å². The summed E-state index contributed by atoms with van der Waals surface area (Å²) in [5.41, 5.74) is 6.77. The van der Waals surface area contributed by atoms with Crippen LogP contribution in [0.1, 0.15) is 25.7 Å². The standard InChI is InChI=1S/C16H24N4O2.2ClH/c1-20(2)11-14(21)18-12-5-7-13(8-6-12)19-15(22)16(17)9-3-4-10-16;;/h5-8H,3-4,9-11,17H2,1-2H3,(H,18,21)(H,19,22);2*1H. The lowest BCUT2D eigenvalue weighted by atomic mass is 9.98. The fourth-order valence-electron chi connectivity index (χ4n) is 2.61. The van der Waals surface area contributed by atoms with Crippen LogP contribution in [0.4, 0.5) is 11.4 Å². The van der Waals surface area contributed by atoms with Crippen LogP contribution in [-0.2, 0) is 9.59 Å². The molecule has 0 saturated heterocycles. The van der Waals surface area contributed by atoms with Crippen LogP contribution >= 0.6 is 24.8 Å². The number of carbonyl (C=O) groups excluding carboxylic acids is 2. The minimum absolute atomic E-state index is 0. The lowest BCUT2D eigenvalue weighted by Crippen LogP contribution is -2.48. The highest BCUT2D eigenvalue weighted by atomic mass is 35.5. The van der Waals surface area contributed by atoms with Crippen LogP contribution in [0.2, 0.25) is 0 Å². The van der Waals surface area contributed by atoms with Gasteiger partial charge in [-0.05, 0) is 51.2 Å². The highest BCUT2D eigenvalue weighted by molar-refractivity contribution is 5.98. The number of benzene rings is 1. The summed E-state index contributed by atoms with van der Waals surface area (Å²) in [6.45, 7) is 0.328. The molecule has 2 amide bonds. The van der Waals surface area contributed by atoms with E-state index in [0.29, 0.717) is 17.9 Å². The summed E-state index contributed by atoms with van der Waals surface area (Å²) < 4.78 is 0. The van der Waals surface area contributed by atoms with Crippen LogP contribution in [0.15, 0.2) is 24.3 Å². The van der Waals surface area contributed by atoms with Crippen molar-refractivity contribution in [1.82, 2.24) is 4.90 Å². The predicted molar refractivity (Wildman–Crippen MR) is 102 cm³/mol. The van der Waals surface area contributed by atoms with Crippen LogP contribution in [-0.4, -0.2) is 42.9 Å². The quantitative estimate of drug-likeness (QED) is 0.735. The average Bonchev–Trinajstić information content (AvgIpc) is 2.88. The van der Waals surface area contributed by atoms with E-state index in [1.807, 2.05) is 14.1 Å². The minimum atomic E-state index is -0.738. The highest BCUT2D eigenvalue weighted by Gasteiger charge is 2.36. The number of anilines is 2. The second kappa shape index (κ2) is 9.84. The Bertz CT molecular complexity index is 544. The molecule has 2 rings (SSSR count). The van der Waals surface area contributed by atoms with Gasteiger partial charge in [0.2, 0.25) is 11.8 Å². The van der Waals surface area contributed by atoms with Gasteiger partial charge in [-0.2, -0.15) is 0 Å². The van der Waals surface area contributed by atoms with E-state index in [1.54, 1.807) is 29.2 Å². The molecule has 0 atom stereocenters. The molecule has 0 unspecified atom stereocenters. The molecule has 0 bridgehead atoms. The van der Waals surface area contributed by atoms with Crippen LogP contribution in [0.5, 0.6) is 0 Å². The molecule has 1 aliphatic carbocycles. The highest BCUT2D eigenvalue weighted by Crippen LogP contribution is 2.28. The minimum Gasteiger partial charge on any atom is -0.325 e. The van der Waals surface area contributed by atoms with Crippen molar-refractivity contribution in [2.24, 2.45) is 5.73 Å². The maximum atomic E-state index is 12.2. The molecule has 1 aliphatic rings. The van der Waals surface area contributed by atoms with Crippen LogP contribution in [0, 0.1) is 0 Å². The van der Waals surface area contributed by atoms with E-state index in [-0.39, 0.29) is 36.6 Å². The molecule has 8 heteroatoms. The molecule has 136 valence electrons. The Balaban J connectivity index is 0.00000264. The van der Waals surface area contributed by atoms with Crippen molar-refractivity contribution in [3.8, 4) is 0 Å². The van der Waals surface area contributed by atoms with Gasteiger partial charge in [-0.15, -0.1) is 24.8 Å². The number of hydrogen-bond acceptors (Lipinski definition) is 4. The molecular formula is C16H26Cl2N4O2. The third kappa shape index (κ3) is 6.28. The van der Waals surface area contributed by atoms with Gasteiger partial charge in [-0.3, -0.25) is 9.59 Å². The molecule has 6 nitrogen and oxygen atoms in total. The lowest BCUT2D eigenvalue weighted by Gasteiger charge is -2.22. The maximum Gasteiger partial charge on any atom is 0.244 e. The second-order valence-corrected chi connectivity index (χ2v) is 6.18. The summed E-state index contributed by atoms with van der Waals surface area (Å²) in [6.07, 6.45) is 3.47. The van der Waals surface area contributed by atoms with E-state index in [0.717, 1.165) is 25.7 Å². The Morgan fingerprint density at radius 2 is 1.50 bits per heavy atom. The van der Waals surface area contributed by atoms with Crippen molar-refractivity contribution in [2.45, 2.75) is 31.2 Å². The Kier molecular flexibility index (Phi) is 9.29. The van der Waals surface area contributed by atoms with Gasteiger partial charge in [0.15, 0.2) is 0 Å². The summed E-state index contributed by atoms with van der Waals surface area (Å²) >= 11 is 0. The van der Waals surface area contributed by atoms with E-state index in [1.165, 1.54) is 0 Å². The van der Waals surface area contributed by atoms with Crippen molar-refractivity contribution in [3.63, 3.8) is 0 Å². The number of amides is 2. The Morgan fingerprint density at radius 3 is 1.96 bits per heavy atom. The van der Waals surface area contributed by atoms with Crippen molar-refractivity contribution in [3.05, 3.63) is 24.3 Å². The van der Waals surface area contributed by atoms with E-state index in [2.05, 4.69) is 10.6 Å². The normalized spacial score (nSPS) is 15.2. The summed E-state index contributed by atoms with van der Waals surface area (Å²) in [4.78, 5) is 25.7. The number of halogens is 2. The number of nitrogens with one attached hydrogen (secondary N) is 2. The Hall–Kier alpha value is -1.34. The van der Waals surface area contributed by atoms with E-state index in [4.69, 9.17) is 5.73 Å². The first-order valence-corrected chi connectivity index (χ1v) is 7.54. The molecule has 24 heavy (non-hydrogen) atoms. The molecule has 1 fully saturated rings. The first kappa shape index (κ1) is 22.7. The van der Waals surface area contributed by atoms with Crippen LogP contribution in [0.25, 0.3) is 0 Å². The lowest BCUT2D eigenvalue weighted by molar-refractivity contribution is -0.121. The zero-order chi connectivity index (χ0) is 16.2. The molecule has 4 N–H and O–H groups in total. The van der Waals surface area contributed by atoms with Gasteiger partial charge < -0.3 is 21.3 Å². The van der Waals surface area contributed by atoms with Crippen molar-refractivity contribution in [2.75, 3.05) is 31.3 Å². The van der Waals surface area contributed by atoms with Crippen molar-refractivity contribution < 1.29 is 9.59 Å². The summed E-state index contributed by atoms with van der Waals surface area (Å²) in [6, 6.07) is 7.06. The maximum absolute atomic E-state index is 12.2. The summed E-state index contributed by atoms with van der Waals surface area (Å²) in [5.74, 6) is -0.206. The van der Waals surface area contributed by atoms with E-state index in [9.17, 15) is 9.59 Å². The van der Waals surface area contributed by atoms with Gasteiger partial charge >= 0.3 is 0 Å². The zero-order valence-corrected chi connectivity index (χ0v) is 15.6. The molecule has 0 radical (unpaired) electrons. The zero-order valence-electron chi connectivity index (χ0n) is 14.0. The predicted octanol–water partition coefficient (Wildman–Crippen LogP) is 2.24. The first-order chi connectivity index (χ1) is 10.4. The van der Waals surface area contributed by atoms with Gasteiger partial charge in [-0.1, -0.05) is 12.8 Å². The van der Waals surface area contributed by atoms with Crippen LogP contribution in [0.3, 0.4) is 0 Å². The van der Waals surface area contributed by atoms with Crippen molar-refractivity contribution >= 4 is 48.0 Å². The monoisotopic (exact) mass is 376 g/mol. The molecule has 0 aliphatic heterocycles.